The molecule has 0 N–H and O–H groups in total. The Morgan fingerprint density at radius 2 is 2.00 bits per heavy atom. The van der Waals surface area contributed by atoms with Crippen LogP contribution in [-0.2, 0) is 26.4 Å². The molecule has 0 saturated heterocycles. The smallest absolute Gasteiger partial charge is 0.116 e. The molecule has 0 amide bonds. The van der Waals surface area contributed by atoms with E-state index in [0.29, 0.717) is 11.5 Å². The SMILES string of the molecule is C=S1(=O)Cc2ncnc(C(C)(C)C)c2C1. The first-order valence-corrected chi connectivity index (χ1v) is 7.02. The van der Waals surface area contributed by atoms with Crippen molar-refractivity contribution in [1.29, 1.82) is 0 Å². The van der Waals surface area contributed by atoms with Crippen LogP contribution in [-0.4, -0.2) is 20.0 Å². The fourth-order valence-electron chi connectivity index (χ4n) is 1.93. The third-order valence-corrected chi connectivity index (χ3v) is 4.17. The molecule has 0 spiro atoms. The van der Waals surface area contributed by atoms with Gasteiger partial charge in [0.2, 0.25) is 0 Å². The molecule has 1 aliphatic rings. The molecule has 1 aliphatic heterocycles. The van der Waals surface area contributed by atoms with E-state index in [4.69, 9.17) is 0 Å². The highest BCUT2D eigenvalue weighted by molar-refractivity contribution is 7.99. The fourth-order valence-corrected chi connectivity index (χ4v) is 3.61. The van der Waals surface area contributed by atoms with Crippen molar-refractivity contribution in [2.75, 3.05) is 0 Å². The second kappa shape index (κ2) is 3.04. The van der Waals surface area contributed by atoms with Crippen molar-refractivity contribution >= 4 is 15.4 Å². The molecule has 0 radical (unpaired) electrons. The van der Waals surface area contributed by atoms with Crippen molar-refractivity contribution in [3.63, 3.8) is 0 Å². The number of hydrogen-bond acceptors (Lipinski definition) is 3. The van der Waals surface area contributed by atoms with E-state index in [-0.39, 0.29) is 5.41 Å². The van der Waals surface area contributed by atoms with Gasteiger partial charge in [0.1, 0.15) is 6.33 Å². The molecule has 2 rings (SSSR count). The molecule has 82 valence electrons. The highest BCUT2D eigenvalue weighted by Gasteiger charge is 2.29. The molecular weight excluding hydrogens is 208 g/mol. The number of rotatable bonds is 0. The molecule has 1 aromatic rings. The van der Waals surface area contributed by atoms with Gasteiger partial charge in [-0.05, 0) is 15.4 Å². The largest absolute Gasteiger partial charge is 0.267 e. The van der Waals surface area contributed by atoms with Crippen LogP contribution in [0.5, 0.6) is 0 Å². The van der Waals surface area contributed by atoms with Crippen LogP contribution in [0.25, 0.3) is 0 Å². The van der Waals surface area contributed by atoms with E-state index >= 15 is 0 Å². The van der Waals surface area contributed by atoms with E-state index < -0.39 is 9.52 Å². The molecule has 4 heteroatoms. The van der Waals surface area contributed by atoms with Gasteiger partial charge in [-0.15, -0.1) is 0 Å². The van der Waals surface area contributed by atoms with Crippen LogP contribution in [0, 0.1) is 0 Å². The summed E-state index contributed by atoms with van der Waals surface area (Å²) in [7, 11) is -1.99. The van der Waals surface area contributed by atoms with Gasteiger partial charge in [-0.3, -0.25) is 4.21 Å². The lowest BCUT2D eigenvalue weighted by atomic mass is 9.88. The Kier molecular flexibility index (Phi) is 2.15. The van der Waals surface area contributed by atoms with Crippen molar-refractivity contribution in [1.82, 2.24) is 9.97 Å². The van der Waals surface area contributed by atoms with Crippen LogP contribution in [0.3, 0.4) is 0 Å². The van der Waals surface area contributed by atoms with Crippen LogP contribution >= 0.6 is 0 Å². The highest BCUT2D eigenvalue weighted by Crippen LogP contribution is 2.31. The van der Waals surface area contributed by atoms with Gasteiger partial charge in [0.15, 0.2) is 0 Å². The van der Waals surface area contributed by atoms with Gasteiger partial charge >= 0.3 is 0 Å². The number of nitrogens with zero attached hydrogens (tertiary/aromatic N) is 2. The van der Waals surface area contributed by atoms with E-state index in [0.717, 1.165) is 17.0 Å². The highest BCUT2D eigenvalue weighted by atomic mass is 32.2. The van der Waals surface area contributed by atoms with Crippen LogP contribution in [0.15, 0.2) is 6.33 Å². The van der Waals surface area contributed by atoms with Gasteiger partial charge in [-0.2, -0.15) is 0 Å². The maximum atomic E-state index is 11.9. The molecule has 2 heterocycles. The first kappa shape index (κ1) is 10.6. The molecule has 0 aromatic carbocycles. The van der Waals surface area contributed by atoms with Crippen molar-refractivity contribution in [3.8, 4) is 0 Å². The second-order valence-corrected chi connectivity index (χ2v) is 7.66. The first-order valence-electron chi connectivity index (χ1n) is 4.95. The van der Waals surface area contributed by atoms with Gasteiger partial charge in [0, 0.05) is 16.7 Å². The van der Waals surface area contributed by atoms with Gasteiger partial charge in [0.05, 0.1) is 17.1 Å². The van der Waals surface area contributed by atoms with Crippen molar-refractivity contribution in [3.05, 3.63) is 23.3 Å². The second-order valence-electron chi connectivity index (χ2n) is 5.15. The summed E-state index contributed by atoms with van der Waals surface area (Å²) in [5.41, 5.74) is 2.98. The molecule has 1 unspecified atom stereocenters. The Labute approximate surface area is 91.0 Å². The Morgan fingerprint density at radius 1 is 1.33 bits per heavy atom. The zero-order chi connectivity index (χ0) is 11.3. The van der Waals surface area contributed by atoms with Crippen molar-refractivity contribution in [2.24, 2.45) is 0 Å². The summed E-state index contributed by atoms with van der Waals surface area (Å²) >= 11 is 0. The third-order valence-electron chi connectivity index (χ3n) is 2.55. The minimum absolute atomic E-state index is 0.0209. The van der Waals surface area contributed by atoms with E-state index in [1.807, 2.05) is 0 Å². The molecule has 1 aromatic heterocycles. The van der Waals surface area contributed by atoms with Crippen LogP contribution in [0.1, 0.15) is 37.7 Å². The molecule has 0 aliphatic carbocycles. The quantitative estimate of drug-likeness (QED) is 0.627. The lowest BCUT2D eigenvalue weighted by Gasteiger charge is -2.20. The summed E-state index contributed by atoms with van der Waals surface area (Å²) in [6, 6.07) is 0. The molecular formula is C11H16N2OS. The average molecular weight is 224 g/mol. The van der Waals surface area contributed by atoms with Gasteiger partial charge in [0.25, 0.3) is 0 Å². The molecule has 1 atom stereocenters. The third kappa shape index (κ3) is 1.91. The topological polar surface area (TPSA) is 42.9 Å². The van der Waals surface area contributed by atoms with E-state index in [1.165, 1.54) is 0 Å². The number of fused-ring (bicyclic) bond motifs is 1. The van der Waals surface area contributed by atoms with Gasteiger partial charge in [-0.25, -0.2) is 9.97 Å². The molecule has 3 nitrogen and oxygen atoms in total. The molecule has 0 saturated carbocycles. The Hall–Kier alpha value is -0.900. The number of aromatic nitrogens is 2. The average Bonchev–Trinajstić information content (AvgIpc) is 2.35. The zero-order valence-electron chi connectivity index (χ0n) is 9.41. The maximum Gasteiger partial charge on any atom is 0.116 e. The minimum Gasteiger partial charge on any atom is -0.267 e. The van der Waals surface area contributed by atoms with E-state index in [1.54, 1.807) is 6.33 Å². The van der Waals surface area contributed by atoms with Crippen molar-refractivity contribution < 1.29 is 4.21 Å². The van der Waals surface area contributed by atoms with Crippen LogP contribution < -0.4 is 0 Å². The lowest BCUT2D eigenvalue weighted by Crippen LogP contribution is -2.17. The number of hydrogen-bond donors (Lipinski definition) is 0. The van der Waals surface area contributed by atoms with E-state index in [9.17, 15) is 4.21 Å². The molecule has 0 fully saturated rings. The lowest BCUT2D eigenvalue weighted by molar-refractivity contribution is 0.560. The predicted octanol–water partition coefficient (Wildman–Crippen LogP) is 1.50. The Balaban J connectivity index is 2.61. The van der Waals surface area contributed by atoms with Crippen molar-refractivity contribution in [2.45, 2.75) is 37.7 Å². The summed E-state index contributed by atoms with van der Waals surface area (Å²) in [6.45, 7) is 6.33. The summed E-state index contributed by atoms with van der Waals surface area (Å²) in [6.07, 6.45) is 1.57. The van der Waals surface area contributed by atoms with Crippen LogP contribution in [0.4, 0.5) is 0 Å². The first-order chi connectivity index (χ1) is 6.80. The Morgan fingerprint density at radius 3 is 2.60 bits per heavy atom. The maximum absolute atomic E-state index is 11.9. The standard InChI is InChI=1S/C11H16N2OS/c1-11(2,3)10-8-5-15(4,14)6-9(8)12-7-13-10/h7H,4-6H2,1-3H3. The zero-order valence-corrected chi connectivity index (χ0v) is 10.2. The minimum atomic E-state index is -1.99. The van der Waals surface area contributed by atoms with Gasteiger partial charge in [-0.1, -0.05) is 20.8 Å². The van der Waals surface area contributed by atoms with Crippen LogP contribution in [0.2, 0.25) is 0 Å². The van der Waals surface area contributed by atoms with E-state index in [2.05, 4.69) is 36.6 Å². The molecule has 15 heavy (non-hydrogen) atoms. The fraction of sp³-hybridized carbons (Fsp3) is 0.545. The summed E-state index contributed by atoms with van der Waals surface area (Å²) in [5.74, 6) is 4.81. The summed E-state index contributed by atoms with van der Waals surface area (Å²) in [4.78, 5) is 8.52. The predicted molar refractivity (Wildman–Crippen MR) is 63.4 cm³/mol. The summed E-state index contributed by atoms with van der Waals surface area (Å²) in [5, 5.41) is 0. The molecule has 0 bridgehead atoms. The van der Waals surface area contributed by atoms with Gasteiger partial charge < -0.3 is 0 Å². The Bertz CT molecular complexity index is 498. The summed E-state index contributed by atoms with van der Waals surface area (Å²) < 4.78 is 11.9. The monoisotopic (exact) mass is 224 g/mol. The normalized spacial score (nSPS) is 25.3.